The van der Waals surface area contributed by atoms with Crippen LogP contribution in [0.15, 0.2) is 23.2 Å². The van der Waals surface area contributed by atoms with Gasteiger partial charge in [-0.05, 0) is 18.6 Å². The van der Waals surface area contributed by atoms with Gasteiger partial charge >= 0.3 is 0 Å². The zero-order valence-corrected chi connectivity index (χ0v) is 7.42. The van der Waals surface area contributed by atoms with Crippen LogP contribution in [-0.2, 0) is 6.54 Å². The minimum absolute atomic E-state index is 0.0278. The lowest BCUT2D eigenvalue weighted by molar-refractivity contribution is 0.609. The molecule has 1 aromatic rings. The van der Waals surface area contributed by atoms with E-state index in [1.165, 1.54) is 6.07 Å². The SMILES string of the molecule is Cc1ccc(CN=C(N)N)c(F)c1. The van der Waals surface area contributed by atoms with E-state index >= 15 is 0 Å². The van der Waals surface area contributed by atoms with Crippen molar-refractivity contribution in [1.82, 2.24) is 0 Å². The Labute approximate surface area is 76.3 Å². The maximum Gasteiger partial charge on any atom is 0.186 e. The van der Waals surface area contributed by atoms with E-state index in [0.717, 1.165) is 5.56 Å². The van der Waals surface area contributed by atoms with Crippen molar-refractivity contribution in [3.63, 3.8) is 0 Å². The van der Waals surface area contributed by atoms with Crippen molar-refractivity contribution in [1.29, 1.82) is 0 Å². The fourth-order valence-electron chi connectivity index (χ4n) is 0.957. The molecule has 3 nitrogen and oxygen atoms in total. The molecule has 0 aliphatic heterocycles. The van der Waals surface area contributed by atoms with Gasteiger partial charge in [0.15, 0.2) is 5.96 Å². The van der Waals surface area contributed by atoms with Crippen LogP contribution in [-0.4, -0.2) is 5.96 Å². The third-order valence-corrected chi connectivity index (χ3v) is 1.64. The van der Waals surface area contributed by atoms with Crippen LogP contribution in [0.3, 0.4) is 0 Å². The van der Waals surface area contributed by atoms with Crippen molar-refractivity contribution in [3.05, 3.63) is 35.1 Å². The third-order valence-electron chi connectivity index (χ3n) is 1.64. The molecule has 0 unspecified atom stereocenters. The summed E-state index contributed by atoms with van der Waals surface area (Å²) in [5, 5.41) is 0. The van der Waals surface area contributed by atoms with E-state index in [0.29, 0.717) is 5.56 Å². The van der Waals surface area contributed by atoms with Crippen LogP contribution >= 0.6 is 0 Å². The van der Waals surface area contributed by atoms with Crippen LogP contribution in [0.4, 0.5) is 4.39 Å². The van der Waals surface area contributed by atoms with Crippen LogP contribution in [0.25, 0.3) is 0 Å². The quantitative estimate of drug-likeness (QED) is 0.526. The van der Waals surface area contributed by atoms with Crippen LogP contribution in [0, 0.1) is 12.7 Å². The zero-order chi connectivity index (χ0) is 9.84. The number of nitrogens with two attached hydrogens (primary N) is 2. The molecule has 4 heteroatoms. The molecule has 0 aromatic heterocycles. The van der Waals surface area contributed by atoms with Gasteiger partial charge in [0.2, 0.25) is 0 Å². The summed E-state index contributed by atoms with van der Waals surface area (Å²) < 4.78 is 13.1. The summed E-state index contributed by atoms with van der Waals surface area (Å²) >= 11 is 0. The van der Waals surface area contributed by atoms with Crippen LogP contribution < -0.4 is 11.5 Å². The van der Waals surface area contributed by atoms with E-state index < -0.39 is 0 Å². The first-order valence-corrected chi connectivity index (χ1v) is 3.90. The Hall–Kier alpha value is -1.58. The normalized spacial score (nSPS) is 9.69. The lowest BCUT2D eigenvalue weighted by Crippen LogP contribution is -2.22. The summed E-state index contributed by atoms with van der Waals surface area (Å²) in [6.07, 6.45) is 0. The van der Waals surface area contributed by atoms with Crippen molar-refractivity contribution >= 4 is 5.96 Å². The molecule has 0 saturated heterocycles. The largest absolute Gasteiger partial charge is 0.370 e. The van der Waals surface area contributed by atoms with Crippen LogP contribution in [0.2, 0.25) is 0 Å². The van der Waals surface area contributed by atoms with E-state index in [9.17, 15) is 4.39 Å². The molecule has 0 aliphatic carbocycles. The molecule has 1 rings (SSSR count). The molecule has 4 N–H and O–H groups in total. The molecule has 70 valence electrons. The number of hydrogen-bond donors (Lipinski definition) is 2. The topological polar surface area (TPSA) is 64.4 Å². The lowest BCUT2D eigenvalue weighted by atomic mass is 10.1. The van der Waals surface area contributed by atoms with Gasteiger partial charge in [-0.2, -0.15) is 0 Å². The summed E-state index contributed by atoms with van der Waals surface area (Å²) in [5.74, 6) is -0.301. The van der Waals surface area contributed by atoms with Crippen molar-refractivity contribution in [2.45, 2.75) is 13.5 Å². The number of nitrogens with zero attached hydrogens (tertiary/aromatic N) is 1. The monoisotopic (exact) mass is 181 g/mol. The highest BCUT2D eigenvalue weighted by Gasteiger charge is 2.00. The number of rotatable bonds is 2. The third kappa shape index (κ3) is 2.74. The fraction of sp³-hybridized carbons (Fsp3) is 0.222. The molecule has 13 heavy (non-hydrogen) atoms. The minimum Gasteiger partial charge on any atom is -0.370 e. The Morgan fingerprint density at radius 1 is 1.46 bits per heavy atom. The molecule has 0 bridgehead atoms. The van der Waals surface area contributed by atoms with Gasteiger partial charge in [0.1, 0.15) is 5.82 Å². The van der Waals surface area contributed by atoms with E-state index in [1.807, 2.05) is 13.0 Å². The molecular weight excluding hydrogens is 169 g/mol. The van der Waals surface area contributed by atoms with Gasteiger partial charge in [0.25, 0.3) is 0 Å². The smallest absolute Gasteiger partial charge is 0.186 e. The van der Waals surface area contributed by atoms with E-state index in [4.69, 9.17) is 11.5 Å². The summed E-state index contributed by atoms with van der Waals surface area (Å²) in [7, 11) is 0. The second-order valence-electron chi connectivity index (χ2n) is 2.84. The molecule has 0 fully saturated rings. The molecule has 0 heterocycles. The Balaban J connectivity index is 2.84. The predicted octanol–water partition coefficient (Wildman–Crippen LogP) is 0.908. The molecule has 0 aliphatic rings. The van der Waals surface area contributed by atoms with Gasteiger partial charge in [-0.1, -0.05) is 12.1 Å². The van der Waals surface area contributed by atoms with Crippen molar-refractivity contribution < 1.29 is 4.39 Å². The van der Waals surface area contributed by atoms with Gasteiger partial charge in [-0.3, -0.25) is 0 Å². The second-order valence-corrected chi connectivity index (χ2v) is 2.84. The highest BCUT2D eigenvalue weighted by atomic mass is 19.1. The summed E-state index contributed by atoms with van der Waals surface area (Å²) in [4.78, 5) is 3.72. The molecule has 0 spiro atoms. The van der Waals surface area contributed by atoms with Gasteiger partial charge in [0.05, 0.1) is 6.54 Å². The average Bonchev–Trinajstić information content (AvgIpc) is 2.02. The first-order valence-electron chi connectivity index (χ1n) is 3.90. The summed E-state index contributed by atoms with van der Waals surface area (Å²) in [6, 6.07) is 4.95. The fourth-order valence-corrected chi connectivity index (χ4v) is 0.957. The lowest BCUT2D eigenvalue weighted by Gasteiger charge is -2.00. The van der Waals surface area contributed by atoms with E-state index in [2.05, 4.69) is 4.99 Å². The summed E-state index contributed by atoms with van der Waals surface area (Å²) in [5.41, 5.74) is 11.6. The highest BCUT2D eigenvalue weighted by molar-refractivity contribution is 5.75. The molecule has 0 radical (unpaired) electrons. The molecule has 0 atom stereocenters. The number of aryl methyl sites for hydroxylation is 1. The van der Waals surface area contributed by atoms with Gasteiger partial charge in [-0.25, -0.2) is 9.38 Å². The van der Waals surface area contributed by atoms with Crippen LogP contribution in [0.5, 0.6) is 0 Å². The molecule has 1 aromatic carbocycles. The number of aliphatic imine (C=N–C) groups is 1. The molecular formula is C9H12FN3. The van der Waals surface area contributed by atoms with Crippen molar-refractivity contribution in [2.75, 3.05) is 0 Å². The van der Waals surface area contributed by atoms with E-state index in [1.54, 1.807) is 6.07 Å². The second kappa shape index (κ2) is 3.89. The predicted molar refractivity (Wildman–Crippen MR) is 50.7 cm³/mol. The van der Waals surface area contributed by atoms with Crippen molar-refractivity contribution in [3.8, 4) is 0 Å². The van der Waals surface area contributed by atoms with E-state index in [-0.39, 0.29) is 18.3 Å². The standard InChI is InChI=1S/C9H12FN3/c1-6-2-3-7(8(10)4-6)5-13-9(11)12/h2-4H,5H2,1H3,(H4,11,12,13). The number of hydrogen-bond acceptors (Lipinski definition) is 1. The van der Waals surface area contributed by atoms with Gasteiger partial charge in [0, 0.05) is 5.56 Å². The first-order chi connectivity index (χ1) is 6.09. The van der Waals surface area contributed by atoms with Gasteiger partial charge < -0.3 is 11.5 Å². The Kier molecular flexibility index (Phi) is 2.84. The average molecular weight is 181 g/mol. The Morgan fingerprint density at radius 2 is 2.15 bits per heavy atom. The Bertz CT molecular complexity index is 330. The number of halogens is 1. The zero-order valence-electron chi connectivity index (χ0n) is 7.42. The first kappa shape index (κ1) is 9.51. The summed E-state index contributed by atoms with van der Waals surface area (Å²) in [6.45, 7) is 2.02. The molecule has 0 saturated carbocycles. The number of benzene rings is 1. The van der Waals surface area contributed by atoms with Crippen molar-refractivity contribution in [2.24, 2.45) is 16.5 Å². The maximum atomic E-state index is 13.1. The van der Waals surface area contributed by atoms with Gasteiger partial charge in [-0.15, -0.1) is 0 Å². The maximum absolute atomic E-state index is 13.1. The minimum atomic E-state index is -0.273. The van der Waals surface area contributed by atoms with Crippen LogP contribution in [0.1, 0.15) is 11.1 Å². The Morgan fingerprint density at radius 3 is 2.69 bits per heavy atom. The molecule has 0 amide bonds. The number of guanidine groups is 1. The highest BCUT2D eigenvalue weighted by Crippen LogP contribution is 2.10.